The number of esters is 1. The number of rotatable bonds is 2. The van der Waals surface area contributed by atoms with Gasteiger partial charge < -0.3 is 9.64 Å². The van der Waals surface area contributed by atoms with Crippen LogP contribution in [-0.4, -0.2) is 28.7 Å². The SMILES string of the molecule is CC(=O)Oc1ccc(N2C(=O)[C@@H]3[C@H](C2=O)[C@H]2c4ccccc4C=CN2[C@@H]3C#N)cc1. The summed E-state index contributed by atoms with van der Waals surface area (Å²) in [7, 11) is 0. The van der Waals surface area contributed by atoms with Gasteiger partial charge in [-0.05, 0) is 41.5 Å². The molecular formula is C23H17N3O4. The Bertz CT molecular complexity index is 1150. The maximum atomic E-state index is 13.4. The number of carbonyl (C=O) groups is 3. The molecule has 7 heteroatoms. The molecule has 30 heavy (non-hydrogen) atoms. The van der Waals surface area contributed by atoms with Crippen molar-refractivity contribution in [3.05, 3.63) is 65.9 Å². The topological polar surface area (TPSA) is 90.7 Å². The van der Waals surface area contributed by atoms with Crippen LogP contribution in [-0.2, 0) is 14.4 Å². The number of carbonyl (C=O) groups excluding carboxylic acids is 3. The van der Waals surface area contributed by atoms with Crippen LogP contribution in [0.25, 0.3) is 6.08 Å². The Morgan fingerprint density at radius 2 is 1.73 bits per heavy atom. The lowest BCUT2D eigenvalue weighted by Crippen LogP contribution is -2.40. The first-order chi connectivity index (χ1) is 14.5. The molecule has 0 spiro atoms. The monoisotopic (exact) mass is 399 g/mol. The zero-order chi connectivity index (χ0) is 21.0. The van der Waals surface area contributed by atoms with Crippen LogP contribution in [0.15, 0.2) is 54.7 Å². The van der Waals surface area contributed by atoms with Crippen LogP contribution in [0.1, 0.15) is 24.1 Å². The summed E-state index contributed by atoms with van der Waals surface area (Å²) >= 11 is 0. The lowest BCUT2D eigenvalue weighted by atomic mass is 9.85. The third-order valence-corrected chi connectivity index (χ3v) is 5.95. The Labute approximate surface area is 172 Å². The van der Waals surface area contributed by atoms with Gasteiger partial charge in [0, 0.05) is 13.1 Å². The van der Waals surface area contributed by atoms with Gasteiger partial charge in [-0.1, -0.05) is 24.3 Å². The van der Waals surface area contributed by atoms with Crippen LogP contribution in [0.5, 0.6) is 5.75 Å². The molecule has 0 aromatic heterocycles. The van der Waals surface area contributed by atoms with Crippen molar-refractivity contribution in [3.63, 3.8) is 0 Å². The van der Waals surface area contributed by atoms with Crippen LogP contribution in [0, 0.1) is 23.2 Å². The molecule has 7 nitrogen and oxygen atoms in total. The number of ether oxygens (including phenoxy) is 1. The number of nitrogens with zero attached hydrogens (tertiary/aromatic N) is 3. The minimum Gasteiger partial charge on any atom is -0.427 e. The summed E-state index contributed by atoms with van der Waals surface area (Å²) in [6.07, 6.45) is 3.73. The standard InChI is InChI=1S/C23H17N3O4/c1-13(27)30-16-8-6-15(7-9-16)26-22(28)19-18(12-24)25-11-10-14-4-2-3-5-17(14)21(25)20(19)23(26)29/h2-11,18-21H,1H3/t18-,19+,20+,21-/m1/s1. The Kier molecular flexibility index (Phi) is 3.97. The van der Waals surface area contributed by atoms with Crippen molar-refractivity contribution in [2.75, 3.05) is 4.90 Å². The molecule has 0 saturated carbocycles. The number of amides is 2. The van der Waals surface area contributed by atoms with Crippen molar-refractivity contribution in [3.8, 4) is 11.8 Å². The lowest BCUT2D eigenvalue weighted by molar-refractivity contribution is -0.132. The molecule has 5 rings (SSSR count). The quantitative estimate of drug-likeness (QED) is 0.438. The van der Waals surface area contributed by atoms with E-state index in [1.165, 1.54) is 19.1 Å². The van der Waals surface area contributed by atoms with E-state index in [1.807, 2.05) is 41.4 Å². The van der Waals surface area contributed by atoms with Crippen molar-refractivity contribution in [2.24, 2.45) is 11.8 Å². The second-order valence-corrected chi connectivity index (χ2v) is 7.56. The largest absolute Gasteiger partial charge is 0.427 e. The minimum atomic E-state index is -0.739. The Balaban J connectivity index is 1.54. The average Bonchev–Trinajstić information content (AvgIpc) is 3.21. The van der Waals surface area contributed by atoms with Gasteiger partial charge in [0.15, 0.2) is 0 Å². The minimum absolute atomic E-state index is 0.317. The molecule has 0 bridgehead atoms. The summed E-state index contributed by atoms with van der Waals surface area (Å²) in [5.41, 5.74) is 2.33. The van der Waals surface area contributed by atoms with Crippen LogP contribution in [0.4, 0.5) is 5.69 Å². The van der Waals surface area contributed by atoms with Gasteiger partial charge in [-0.25, -0.2) is 4.90 Å². The second kappa shape index (κ2) is 6.56. The third kappa shape index (κ3) is 2.47. The zero-order valence-corrected chi connectivity index (χ0v) is 16.1. The Morgan fingerprint density at radius 3 is 2.43 bits per heavy atom. The van der Waals surface area contributed by atoms with Gasteiger partial charge in [0.2, 0.25) is 11.8 Å². The fraction of sp³-hybridized carbons (Fsp3) is 0.217. The molecule has 3 aliphatic heterocycles. The number of anilines is 1. The predicted octanol–water partition coefficient (Wildman–Crippen LogP) is 2.65. The first-order valence-electron chi connectivity index (χ1n) is 9.62. The smallest absolute Gasteiger partial charge is 0.308 e. The molecular weight excluding hydrogens is 382 g/mol. The first-order valence-corrected chi connectivity index (χ1v) is 9.62. The van der Waals surface area contributed by atoms with Gasteiger partial charge in [-0.15, -0.1) is 0 Å². The molecule has 3 heterocycles. The van der Waals surface area contributed by atoms with Gasteiger partial charge in [-0.3, -0.25) is 14.4 Å². The Morgan fingerprint density at radius 1 is 1.03 bits per heavy atom. The maximum Gasteiger partial charge on any atom is 0.308 e. The number of nitriles is 1. The summed E-state index contributed by atoms with van der Waals surface area (Å²) in [6.45, 7) is 1.30. The highest BCUT2D eigenvalue weighted by atomic mass is 16.5. The van der Waals surface area contributed by atoms with Crippen molar-refractivity contribution >= 4 is 29.5 Å². The van der Waals surface area contributed by atoms with Gasteiger partial charge in [-0.2, -0.15) is 5.26 Å². The molecule has 0 aliphatic carbocycles. The van der Waals surface area contributed by atoms with Crippen LogP contribution >= 0.6 is 0 Å². The molecule has 0 radical (unpaired) electrons. The van der Waals surface area contributed by atoms with E-state index in [0.29, 0.717) is 11.4 Å². The zero-order valence-electron chi connectivity index (χ0n) is 16.1. The van der Waals surface area contributed by atoms with Gasteiger partial charge in [0.05, 0.1) is 29.6 Å². The Hall–Kier alpha value is -3.92. The molecule has 4 atom stereocenters. The summed E-state index contributed by atoms with van der Waals surface area (Å²) < 4.78 is 5.02. The van der Waals surface area contributed by atoms with Crippen LogP contribution < -0.4 is 9.64 Å². The van der Waals surface area contributed by atoms with Gasteiger partial charge in [0.1, 0.15) is 11.8 Å². The van der Waals surface area contributed by atoms with Crippen LogP contribution in [0.2, 0.25) is 0 Å². The summed E-state index contributed by atoms with van der Waals surface area (Å²) in [5.74, 6) is -2.19. The van der Waals surface area contributed by atoms with E-state index in [1.54, 1.807) is 12.1 Å². The molecule has 148 valence electrons. The molecule has 0 N–H and O–H groups in total. The number of hydrogen-bond acceptors (Lipinski definition) is 6. The lowest BCUT2D eigenvalue weighted by Gasteiger charge is -2.33. The van der Waals surface area contributed by atoms with E-state index in [9.17, 15) is 19.6 Å². The third-order valence-electron chi connectivity index (χ3n) is 5.95. The molecule has 2 amide bonds. The van der Waals surface area contributed by atoms with E-state index in [-0.39, 0.29) is 17.9 Å². The molecule has 2 saturated heterocycles. The van der Waals surface area contributed by atoms with Crippen molar-refractivity contribution in [1.29, 1.82) is 5.26 Å². The highest BCUT2D eigenvalue weighted by Gasteiger charge is 2.63. The number of hydrogen-bond donors (Lipinski definition) is 0. The van der Waals surface area contributed by atoms with Gasteiger partial charge in [0.25, 0.3) is 0 Å². The van der Waals surface area contributed by atoms with E-state index in [2.05, 4.69) is 6.07 Å². The van der Waals surface area contributed by atoms with E-state index >= 15 is 0 Å². The first kappa shape index (κ1) is 18.1. The predicted molar refractivity (Wildman–Crippen MR) is 107 cm³/mol. The van der Waals surface area contributed by atoms with Crippen molar-refractivity contribution < 1.29 is 19.1 Å². The van der Waals surface area contributed by atoms with Crippen molar-refractivity contribution in [1.82, 2.24) is 4.90 Å². The fourth-order valence-corrected chi connectivity index (χ4v) is 4.79. The highest BCUT2D eigenvalue weighted by molar-refractivity contribution is 6.23. The van der Waals surface area contributed by atoms with E-state index in [4.69, 9.17) is 4.74 Å². The average molecular weight is 399 g/mol. The molecule has 3 aliphatic rings. The van der Waals surface area contributed by atoms with E-state index < -0.39 is 23.8 Å². The van der Waals surface area contributed by atoms with E-state index in [0.717, 1.165) is 16.0 Å². The number of imide groups is 1. The fourth-order valence-electron chi connectivity index (χ4n) is 4.79. The van der Waals surface area contributed by atoms with Gasteiger partial charge >= 0.3 is 5.97 Å². The number of fused-ring (bicyclic) bond motifs is 5. The van der Waals surface area contributed by atoms with Crippen LogP contribution in [0.3, 0.4) is 0 Å². The summed E-state index contributed by atoms with van der Waals surface area (Å²) in [5, 5.41) is 9.83. The molecule has 0 unspecified atom stereocenters. The molecule has 2 aromatic carbocycles. The highest BCUT2D eigenvalue weighted by Crippen LogP contribution is 2.52. The maximum absolute atomic E-state index is 13.4. The summed E-state index contributed by atoms with van der Waals surface area (Å²) in [6, 6.07) is 15.1. The summed E-state index contributed by atoms with van der Waals surface area (Å²) in [4.78, 5) is 40.9. The molecule has 2 fully saturated rings. The second-order valence-electron chi connectivity index (χ2n) is 7.56. The number of benzene rings is 2. The molecule has 2 aromatic rings. The normalized spacial score (nSPS) is 26.1. The van der Waals surface area contributed by atoms with Crippen molar-refractivity contribution in [2.45, 2.75) is 19.0 Å².